The number of rotatable bonds is 2. The average molecular weight is 234 g/mol. The van der Waals surface area contributed by atoms with Crippen molar-refractivity contribution in [3.63, 3.8) is 0 Å². The van der Waals surface area contributed by atoms with Crippen molar-refractivity contribution in [1.29, 1.82) is 0 Å². The van der Waals surface area contributed by atoms with Gasteiger partial charge in [-0.15, -0.1) is 0 Å². The molecule has 0 bridgehead atoms. The largest absolute Gasteiger partial charge is 0.329 e. The predicted octanol–water partition coefficient (Wildman–Crippen LogP) is -0.391. The molecule has 88 valence electrons. The van der Waals surface area contributed by atoms with Crippen LogP contribution < -0.4 is 11.2 Å². The van der Waals surface area contributed by atoms with Gasteiger partial charge >= 0.3 is 5.69 Å². The maximum absolute atomic E-state index is 11.7. The van der Waals surface area contributed by atoms with Gasteiger partial charge in [-0.05, 0) is 0 Å². The molecule has 0 aliphatic carbocycles. The fourth-order valence-corrected chi connectivity index (χ4v) is 1.38. The van der Waals surface area contributed by atoms with E-state index in [1.807, 2.05) is 0 Å². The van der Waals surface area contributed by atoms with Gasteiger partial charge in [0.2, 0.25) is 0 Å². The first-order chi connectivity index (χ1) is 8.04. The molecule has 0 atom stereocenters. The van der Waals surface area contributed by atoms with Crippen LogP contribution >= 0.6 is 0 Å². The summed E-state index contributed by atoms with van der Waals surface area (Å²) in [6, 6.07) is 0. The lowest BCUT2D eigenvalue weighted by atomic mass is 10.2. The summed E-state index contributed by atoms with van der Waals surface area (Å²) in [4.78, 5) is 44.7. The Morgan fingerprint density at radius 3 is 2.82 bits per heavy atom. The molecule has 0 unspecified atom stereocenters. The van der Waals surface area contributed by atoms with E-state index >= 15 is 0 Å². The summed E-state index contributed by atoms with van der Waals surface area (Å²) < 4.78 is 0.886. The number of Topliss-reactive ketones (excluding diaryl/α,β-unsaturated/α-hetero) is 1. The van der Waals surface area contributed by atoms with E-state index in [4.69, 9.17) is 0 Å². The van der Waals surface area contributed by atoms with Gasteiger partial charge < -0.3 is 0 Å². The Kier molecular flexibility index (Phi) is 2.58. The molecule has 17 heavy (non-hydrogen) atoms. The first-order valence-corrected chi connectivity index (χ1v) is 5.04. The summed E-state index contributed by atoms with van der Waals surface area (Å²) in [5.74, 6) is -0.201. The summed E-state index contributed by atoms with van der Waals surface area (Å²) in [5.41, 5.74) is -0.922. The highest BCUT2D eigenvalue weighted by Crippen LogP contribution is 2.02. The SMILES string of the molecule is CCC(=O)c1cnc2[nH]c(=O)n(C)c(=O)c2n1. The van der Waals surface area contributed by atoms with Crippen LogP contribution in [0.15, 0.2) is 15.8 Å². The topological polar surface area (TPSA) is 97.7 Å². The second kappa shape index (κ2) is 3.93. The lowest BCUT2D eigenvalue weighted by Gasteiger charge is -2.01. The van der Waals surface area contributed by atoms with Crippen LogP contribution in [0.2, 0.25) is 0 Å². The summed E-state index contributed by atoms with van der Waals surface area (Å²) >= 11 is 0. The first kappa shape index (κ1) is 11.2. The molecule has 0 aromatic carbocycles. The lowest BCUT2D eigenvalue weighted by molar-refractivity contribution is 0.0983. The van der Waals surface area contributed by atoms with E-state index in [-0.39, 0.29) is 29.1 Å². The van der Waals surface area contributed by atoms with Gasteiger partial charge in [0.05, 0.1) is 6.20 Å². The van der Waals surface area contributed by atoms with Gasteiger partial charge in [0.15, 0.2) is 16.9 Å². The first-order valence-electron chi connectivity index (χ1n) is 5.04. The van der Waals surface area contributed by atoms with Crippen LogP contribution in [-0.4, -0.2) is 25.3 Å². The number of fused-ring (bicyclic) bond motifs is 1. The van der Waals surface area contributed by atoms with Gasteiger partial charge in [0.25, 0.3) is 5.56 Å². The Hall–Kier alpha value is -2.31. The molecule has 0 saturated carbocycles. The van der Waals surface area contributed by atoms with Crippen molar-refractivity contribution in [2.45, 2.75) is 13.3 Å². The van der Waals surface area contributed by atoms with E-state index in [2.05, 4.69) is 15.0 Å². The Morgan fingerprint density at radius 1 is 1.47 bits per heavy atom. The zero-order chi connectivity index (χ0) is 12.6. The second-order valence-electron chi connectivity index (χ2n) is 3.52. The van der Waals surface area contributed by atoms with Crippen molar-refractivity contribution in [2.24, 2.45) is 7.05 Å². The third-order valence-electron chi connectivity index (χ3n) is 2.42. The van der Waals surface area contributed by atoms with E-state index in [1.54, 1.807) is 6.92 Å². The number of carbonyl (C=O) groups is 1. The fraction of sp³-hybridized carbons (Fsp3) is 0.300. The van der Waals surface area contributed by atoms with Crippen LogP contribution in [0, 0.1) is 0 Å². The van der Waals surface area contributed by atoms with Crippen LogP contribution in [0.25, 0.3) is 11.2 Å². The number of hydrogen-bond acceptors (Lipinski definition) is 5. The highest BCUT2D eigenvalue weighted by atomic mass is 16.2. The van der Waals surface area contributed by atoms with E-state index in [0.29, 0.717) is 0 Å². The monoisotopic (exact) mass is 234 g/mol. The standard InChI is InChI=1S/C10H10N4O3/c1-3-6(15)5-4-11-8-7(12-5)9(16)14(2)10(17)13-8/h4H,3H2,1-2H3,(H,11,13,17). The normalized spacial score (nSPS) is 10.7. The molecular formula is C10H10N4O3. The van der Waals surface area contributed by atoms with Gasteiger partial charge in [0, 0.05) is 13.5 Å². The van der Waals surface area contributed by atoms with Gasteiger partial charge in [0.1, 0.15) is 5.69 Å². The number of nitrogens with one attached hydrogen (secondary N) is 1. The summed E-state index contributed by atoms with van der Waals surface area (Å²) in [5, 5.41) is 0. The molecule has 0 aliphatic heterocycles. The average Bonchev–Trinajstić information content (AvgIpc) is 2.35. The summed E-state index contributed by atoms with van der Waals surface area (Å²) in [6.07, 6.45) is 1.54. The number of H-pyrrole nitrogens is 1. The zero-order valence-corrected chi connectivity index (χ0v) is 9.35. The number of aromatic nitrogens is 4. The molecule has 0 aliphatic rings. The van der Waals surface area contributed by atoms with Crippen LogP contribution in [-0.2, 0) is 7.05 Å². The maximum atomic E-state index is 11.7. The van der Waals surface area contributed by atoms with Crippen LogP contribution in [0.3, 0.4) is 0 Å². The van der Waals surface area contributed by atoms with E-state index in [9.17, 15) is 14.4 Å². The van der Waals surface area contributed by atoms with Crippen molar-refractivity contribution < 1.29 is 4.79 Å². The molecule has 0 spiro atoms. The molecule has 0 radical (unpaired) electrons. The summed E-state index contributed by atoms with van der Waals surface area (Å²) in [7, 11) is 1.33. The van der Waals surface area contributed by atoms with Gasteiger partial charge in [-0.25, -0.2) is 14.8 Å². The van der Waals surface area contributed by atoms with Gasteiger partial charge in [-0.3, -0.25) is 19.1 Å². The van der Waals surface area contributed by atoms with Crippen molar-refractivity contribution >= 4 is 16.9 Å². The molecule has 1 N–H and O–H groups in total. The van der Waals surface area contributed by atoms with E-state index in [1.165, 1.54) is 13.2 Å². The predicted molar refractivity (Wildman–Crippen MR) is 60.0 cm³/mol. The van der Waals surface area contributed by atoms with E-state index in [0.717, 1.165) is 4.57 Å². The lowest BCUT2D eigenvalue weighted by Crippen LogP contribution is -2.33. The molecule has 2 rings (SSSR count). The smallest absolute Gasteiger partial charge is 0.292 e. The molecule has 2 aromatic rings. The molecule has 0 amide bonds. The molecule has 2 heterocycles. The highest BCUT2D eigenvalue weighted by molar-refractivity contribution is 5.94. The minimum atomic E-state index is -0.568. The fourth-order valence-electron chi connectivity index (χ4n) is 1.38. The van der Waals surface area contributed by atoms with Crippen molar-refractivity contribution in [3.05, 3.63) is 32.7 Å². The molecule has 7 nitrogen and oxygen atoms in total. The molecule has 0 fully saturated rings. The summed E-state index contributed by atoms with van der Waals surface area (Å²) in [6.45, 7) is 1.69. The number of hydrogen-bond donors (Lipinski definition) is 1. The molecular weight excluding hydrogens is 224 g/mol. The minimum absolute atomic E-state index is 0.00796. The highest BCUT2D eigenvalue weighted by Gasteiger charge is 2.11. The van der Waals surface area contributed by atoms with Crippen LogP contribution in [0.5, 0.6) is 0 Å². The van der Waals surface area contributed by atoms with Crippen molar-refractivity contribution in [3.8, 4) is 0 Å². The Labute approximate surface area is 95.1 Å². The van der Waals surface area contributed by atoms with E-state index < -0.39 is 11.2 Å². The van der Waals surface area contributed by atoms with Crippen LogP contribution in [0.1, 0.15) is 23.8 Å². The Morgan fingerprint density at radius 2 is 2.18 bits per heavy atom. The Balaban J connectivity index is 2.82. The maximum Gasteiger partial charge on any atom is 0.329 e. The minimum Gasteiger partial charge on any atom is -0.292 e. The quantitative estimate of drug-likeness (QED) is 0.713. The zero-order valence-electron chi connectivity index (χ0n) is 9.35. The van der Waals surface area contributed by atoms with Gasteiger partial charge in [-0.2, -0.15) is 0 Å². The molecule has 7 heteroatoms. The molecule has 2 aromatic heterocycles. The third kappa shape index (κ3) is 1.75. The van der Waals surface area contributed by atoms with Crippen molar-refractivity contribution in [2.75, 3.05) is 0 Å². The molecule has 0 saturated heterocycles. The Bertz CT molecular complexity index is 714. The number of aromatic amines is 1. The van der Waals surface area contributed by atoms with Gasteiger partial charge in [-0.1, -0.05) is 6.92 Å². The number of ketones is 1. The van der Waals surface area contributed by atoms with Crippen LogP contribution in [0.4, 0.5) is 0 Å². The second-order valence-corrected chi connectivity index (χ2v) is 3.52. The number of nitrogens with zero attached hydrogens (tertiary/aromatic N) is 3. The third-order valence-corrected chi connectivity index (χ3v) is 2.42. The van der Waals surface area contributed by atoms with Crippen molar-refractivity contribution in [1.82, 2.24) is 19.5 Å². The number of carbonyl (C=O) groups excluding carboxylic acids is 1.